The zero-order valence-corrected chi connectivity index (χ0v) is 10.1. The summed E-state index contributed by atoms with van der Waals surface area (Å²) in [5, 5.41) is 18.7. The van der Waals surface area contributed by atoms with E-state index in [1.54, 1.807) is 11.8 Å². The summed E-state index contributed by atoms with van der Waals surface area (Å²) in [6, 6.07) is 0. The van der Waals surface area contributed by atoms with Crippen LogP contribution in [-0.2, 0) is 9.59 Å². The van der Waals surface area contributed by atoms with Crippen molar-refractivity contribution in [1.29, 1.82) is 0 Å². The lowest BCUT2D eigenvalue weighted by atomic mass is 9.98. The molecule has 1 saturated carbocycles. The van der Waals surface area contributed by atoms with E-state index in [0.29, 0.717) is 32.4 Å². The van der Waals surface area contributed by atoms with Crippen molar-refractivity contribution in [2.45, 2.75) is 38.2 Å². The molecule has 0 aromatic heterocycles. The Hall–Kier alpha value is -1.10. The van der Waals surface area contributed by atoms with Gasteiger partial charge >= 0.3 is 5.97 Å². The Morgan fingerprint density at radius 3 is 2.53 bits per heavy atom. The number of aliphatic carboxylic acids is 1. The summed E-state index contributed by atoms with van der Waals surface area (Å²) in [7, 11) is 0. The molecule has 1 saturated heterocycles. The molecule has 1 heterocycles. The molecule has 1 amide bonds. The van der Waals surface area contributed by atoms with Gasteiger partial charge in [-0.15, -0.1) is 0 Å². The summed E-state index contributed by atoms with van der Waals surface area (Å²) in [6.07, 6.45) is 2.53. The first-order valence-corrected chi connectivity index (χ1v) is 6.15. The number of carboxylic acids is 1. The van der Waals surface area contributed by atoms with E-state index in [4.69, 9.17) is 5.11 Å². The summed E-state index contributed by atoms with van der Waals surface area (Å²) < 4.78 is 0. The average molecular weight is 241 g/mol. The zero-order valence-electron chi connectivity index (χ0n) is 10.1. The van der Waals surface area contributed by atoms with Gasteiger partial charge in [0, 0.05) is 13.1 Å². The molecule has 2 fully saturated rings. The minimum atomic E-state index is -0.870. The highest BCUT2D eigenvalue weighted by atomic mass is 16.4. The van der Waals surface area contributed by atoms with E-state index >= 15 is 0 Å². The Labute approximate surface area is 100 Å². The SMILES string of the molecule is CC1(O)CCCN(C(=O)C2CC2C(=O)O)CC1. The maximum Gasteiger partial charge on any atom is 0.307 e. The average Bonchev–Trinajstić information content (AvgIpc) is 3.00. The van der Waals surface area contributed by atoms with Gasteiger partial charge in [0.25, 0.3) is 0 Å². The van der Waals surface area contributed by atoms with E-state index in [1.165, 1.54) is 0 Å². The van der Waals surface area contributed by atoms with Gasteiger partial charge < -0.3 is 15.1 Å². The van der Waals surface area contributed by atoms with Gasteiger partial charge in [0.05, 0.1) is 17.4 Å². The van der Waals surface area contributed by atoms with Crippen LogP contribution in [0, 0.1) is 11.8 Å². The summed E-state index contributed by atoms with van der Waals surface area (Å²) in [4.78, 5) is 24.5. The number of rotatable bonds is 2. The highest BCUT2D eigenvalue weighted by Gasteiger charge is 2.50. The second-order valence-corrected chi connectivity index (χ2v) is 5.46. The molecule has 17 heavy (non-hydrogen) atoms. The number of carbonyl (C=O) groups excluding carboxylic acids is 1. The molecule has 2 aliphatic rings. The van der Waals surface area contributed by atoms with Crippen LogP contribution in [-0.4, -0.2) is 45.7 Å². The number of carboxylic acid groups (broad SMARTS) is 1. The van der Waals surface area contributed by atoms with Crippen LogP contribution in [0.1, 0.15) is 32.6 Å². The summed E-state index contributed by atoms with van der Waals surface area (Å²) in [6.45, 7) is 2.96. The molecule has 0 bridgehead atoms. The Bertz CT molecular complexity index is 339. The molecule has 0 spiro atoms. The van der Waals surface area contributed by atoms with Crippen molar-refractivity contribution in [2.24, 2.45) is 11.8 Å². The smallest absolute Gasteiger partial charge is 0.307 e. The van der Waals surface area contributed by atoms with Crippen LogP contribution in [0.25, 0.3) is 0 Å². The highest BCUT2D eigenvalue weighted by Crippen LogP contribution is 2.40. The summed E-state index contributed by atoms with van der Waals surface area (Å²) in [5.41, 5.74) is -0.690. The molecule has 1 aliphatic carbocycles. The predicted octanol–water partition coefficient (Wildman–Crippen LogP) is 0.471. The van der Waals surface area contributed by atoms with Crippen molar-refractivity contribution in [1.82, 2.24) is 4.90 Å². The van der Waals surface area contributed by atoms with Gasteiger partial charge in [-0.25, -0.2) is 0 Å². The molecular formula is C12H19NO4. The molecule has 2 N–H and O–H groups in total. The van der Waals surface area contributed by atoms with Crippen molar-refractivity contribution < 1.29 is 19.8 Å². The number of aliphatic hydroxyl groups is 1. The van der Waals surface area contributed by atoms with Crippen LogP contribution >= 0.6 is 0 Å². The first-order valence-electron chi connectivity index (χ1n) is 6.15. The van der Waals surface area contributed by atoms with Gasteiger partial charge in [0.2, 0.25) is 5.91 Å². The van der Waals surface area contributed by atoms with Gasteiger partial charge in [-0.05, 0) is 32.6 Å². The van der Waals surface area contributed by atoms with Gasteiger partial charge in [-0.2, -0.15) is 0 Å². The van der Waals surface area contributed by atoms with Gasteiger partial charge in [0.1, 0.15) is 0 Å². The van der Waals surface area contributed by atoms with E-state index in [0.717, 1.165) is 6.42 Å². The van der Waals surface area contributed by atoms with Crippen LogP contribution in [0.4, 0.5) is 0 Å². The number of carbonyl (C=O) groups is 2. The first kappa shape index (κ1) is 12.4. The van der Waals surface area contributed by atoms with Crippen LogP contribution in [0.15, 0.2) is 0 Å². The van der Waals surface area contributed by atoms with E-state index in [-0.39, 0.29) is 11.8 Å². The van der Waals surface area contributed by atoms with E-state index in [2.05, 4.69) is 0 Å². The highest BCUT2D eigenvalue weighted by molar-refractivity contribution is 5.89. The van der Waals surface area contributed by atoms with Crippen molar-refractivity contribution in [3.05, 3.63) is 0 Å². The standard InChI is InChI=1S/C12H19NO4/c1-12(17)3-2-5-13(6-4-12)10(14)8-7-9(8)11(15)16/h8-9,17H,2-7H2,1H3,(H,15,16). The number of likely N-dealkylation sites (tertiary alicyclic amines) is 1. The van der Waals surface area contributed by atoms with Gasteiger partial charge in [-0.3, -0.25) is 9.59 Å². The van der Waals surface area contributed by atoms with Crippen LogP contribution in [0.3, 0.4) is 0 Å². The number of nitrogens with zero attached hydrogens (tertiary/aromatic N) is 1. The molecule has 2 rings (SSSR count). The third kappa shape index (κ3) is 2.77. The fourth-order valence-corrected chi connectivity index (χ4v) is 2.46. The molecule has 5 nitrogen and oxygen atoms in total. The molecule has 0 radical (unpaired) electrons. The quantitative estimate of drug-likeness (QED) is 0.736. The summed E-state index contributed by atoms with van der Waals surface area (Å²) >= 11 is 0. The summed E-state index contributed by atoms with van der Waals surface area (Å²) in [5.74, 6) is -1.72. The van der Waals surface area contributed by atoms with Gasteiger partial charge in [0.15, 0.2) is 0 Å². The van der Waals surface area contributed by atoms with Crippen LogP contribution in [0.5, 0.6) is 0 Å². The molecule has 3 unspecified atom stereocenters. The van der Waals surface area contributed by atoms with Crippen molar-refractivity contribution in [3.63, 3.8) is 0 Å². The Kier molecular flexibility index (Phi) is 3.12. The Balaban J connectivity index is 1.91. The van der Waals surface area contributed by atoms with Crippen molar-refractivity contribution >= 4 is 11.9 Å². The fourth-order valence-electron chi connectivity index (χ4n) is 2.46. The molecule has 96 valence electrons. The second kappa shape index (κ2) is 4.29. The maximum atomic E-state index is 12.0. The molecular weight excluding hydrogens is 222 g/mol. The lowest BCUT2D eigenvalue weighted by Gasteiger charge is -2.22. The molecule has 0 aromatic carbocycles. The maximum absolute atomic E-state index is 12.0. The lowest BCUT2D eigenvalue weighted by Crippen LogP contribution is -2.35. The first-order chi connectivity index (χ1) is 7.91. The minimum Gasteiger partial charge on any atom is -0.481 e. The Morgan fingerprint density at radius 1 is 1.24 bits per heavy atom. The monoisotopic (exact) mass is 241 g/mol. The zero-order chi connectivity index (χ0) is 12.6. The number of amides is 1. The topological polar surface area (TPSA) is 77.8 Å². The van der Waals surface area contributed by atoms with Crippen LogP contribution in [0.2, 0.25) is 0 Å². The number of hydrogen-bond donors (Lipinski definition) is 2. The van der Waals surface area contributed by atoms with E-state index < -0.39 is 17.5 Å². The van der Waals surface area contributed by atoms with Gasteiger partial charge in [-0.1, -0.05) is 0 Å². The van der Waals surface area contributed by atoms with Crippen LogP contribution < -0.4 is 0 Å². The third-order valence-electron chi connectivity index (χ3n) is 3.80. The normalized spacial score (nSPS) is 37.4. The lowest BCUT2D eigenvalue weighted by molar-refractivity contribution is -0.142. The fraction of sp³-hybridized carbons (Fsp3) is 0.833. The van der Waals surface area contributed by atoms with E-state index in [9.17, 15) is 14.7 Å². The molecule has 5 heteroatoms. The van der Waals surface area contributed by atoms with E-state index in [1.807, 2.05) is 0 Å². The largest absolute Gasteiger partial charge is 0.481 e. The Morgan fingerprint density at radius 2 is 1.94 bits per heavy atom. The molecule has 3 atom stereocenters. The second-order valence-electron chi connectivity index (χ2n) is 5.46. The molecule has 0 aromatic rings. The minimum absolute atomic E-state index is 0.0462. The third-order valence-corrected chi connectivity index (χ3v) is 3.80. The predicted molar refractivity (Wildman–Crippen MR) is 60.3 cm³/mol. The number of hydrogen-bond acceptors (Lipinski definition) is 3. The molecule has 1 aliphatic heterocycles. The van der Waals surface area contributed by atoms with Crippen molar-refractivity contribution in [2.75, 3.05) is 13.1 Å². The van der Waals surface area contributed by atoms with Crippen molar-refractivity contribution in [3.8, 4) is 0 Å².